The van der Waals surface area contributed by atoms with Crippen LogP contribution in [0.25, 0.3) is 0 Å². The van der Waals surface area contributed by atoms with Crippen molar-refractivity contribution < 1.29 is 9.53 Å². The minimum Gasteiger partial charge on any atom is -0.493 e. The van der Waals surface area contributed by atoms with Crippen LogP contribution in [0, 0.1) is 11.3 Å². The second kappa shape index (κ2) is 10.1. The number of nitriles is 1. The molecule has 0 unspecified atom stereocenters. The summed E-state index contributed by atoms with van der Waals surface area (Å²) >= 11 is 0. The van der Waals surface area contributed by atoms with E-state index in [0.717, 1.165) is 24.2 Å². The average Bonchev–Trinajstić information content (AvgIpc) is 2.61. The van der Waals surface area contributed by atoms with Crippen LogP contribution in [0.4, 0.5) is 0 Å². The highest BCUT2D eigenvalue weighted by Gasteiger charge is 2.04. The van der Waals surface area contributed by atoms with Crippen molar-refractivity contribution >= 4 is 5.91 Å². The molecule has 0 spiro atoms. The Balaban J connectivity index is 1.76. The fourth-order valence-corrected chi connectivity index (χ4v) is 2.43. The van der Waals surface area contributed by atoms with E-state index in [0.29, 0.717) is 19.6 Å². The molecule has 0 bridgehead atoms. The van der Waals surface area contributed by atoms with Crippen LogP contribution in [-0.4, -0.2) is 19.1 Å². The monoisotopic (exact) mass is 322 g/mol. The van der Waals surface area contributed by atoms with E-state index in [1.807, 2.05) is 48.5 Å². The first-order valence-corrected chi connectivity index (χ1v) is 8.18. The standard InChI is InChI=1S/C20H22N2O2/c21-14-12-20(23)22-15-13-18-10-4-5-11-19(18)24-16-6-9-17-7-2-1-3-8-17/h1-5,7-8,10-11H,6,9,12-13,15-16H2,(H,22,23). The van der Waals surface area contributed by atoms with Gasteiger partial charge in [0.05, 0.1) is 12.7 Å². The molecule has 0 aromatic heterocycles. The SMILES string of the molecule is N#CCC(=O)NCCc1ccccc1OCCCc1ccccc1. The van der Waals surface area contributed by atoms with Crippen molar-refractivity contribution in [2.75, 3.05) is 13.2 Å². The number of benzene rings is 2. The zero-order chi connectivity index (χ0) is 17.0. The fourth-order valence-electron chi connectivity index (χ4n) is 2.43. The number of hydrogen-bond acceptors (Lipinski definition) is 3. The van der Waals surface area contributed by atoms with E-state index < -0.39 is 0 Å². The fraction of sp³-hybridized carbons (Fsp3) is 0.300. The third kappa shape index (κ3) is 6.13. The number of hydrogen-bond donors (Lipinski definition) is 1. The van der Waals surface area contributed by atoms with Crippen LogP contribution < -0.4 is 10.1 Å². The first-order chi connectivity index (χ1) is 11.8. The quantitative estimate of drug-likeness (QED) is 0.721. The number of aryl methyl sites for hydroxylation is 1. The molecule has 2 aromatic carbocycles. The lowest BCUT2D eigenvalue weighted by atomic mass is 10.1. The van der Waals surface area contributed by atoms with Crippen LogP contribution in [0.5, 0.6) is 5.75 Å². The molecule has 0 aliphatic carbocycles. The Morgan fingerprint density at radius 2 is 1.79 bits per heavy atom. The summed E-state index contributed by atoms with van der Waals surface area (Å²) in [6.45, 7) is 1.16. The number of nitrogens with zero attached hydrogens (tertiary/aromatic N) is 1. The number of para-hydroxylation sites is 1. The van der Waals surface area contributed by atoms with Gasteiger partial charge in [-0.2, -0.15) is 5.26 Å². The topological polar surface area (TPSA) is 62.1 Å². The van der Waals surface area contributed by atoms with E-state index in [1.165, 1.54) is 5.56 Å². The molecule has 1 N–H and O–H groups in total. The van der Waals surface area contributed by atoms with Crippen molar-refractivity contribution in [1.29, 1.82) is 5.26 Å². The van der Waals surface area contributed by atoms with Gasteiger partial charge in [0.1, 0.15) is 12.2 Å². The van der Waals surface area contributed by atoms with Crippen LogP contribution in [0.3, 0.4) is 0 Å². The summed E-state index contributed by atoms with van der Waals surface area (Å²) in [6, 6.07) is 20.1. The lowest BCUT2D eigenvalue weighted by Crippen LogP contribution is -2.25. The lowest BCUT2D eigenvalue weighted by molar-refractivity contribution is -0.120. The molecule has 24 heavy (non-hydrogen) atoms. The second-order valence-corrected chi connectivity index (χ2v) is 5.48. The molecule has 0 fully saturated rings. The van der Waals surface area contributed by atoms with E-state index in [-0.39, 0.29) is 12.3 Å². The molecule has 0 aliphatic rings. The van der Waals surface area contributed by atoms with E-state index in [1.54, 1.807) is 0 Å². The Hall–Kier alpha value is -2.80. The Morgan fingerprint density at radius 3 is 2.58 bits per heavy atom. The zero-order valence-corrected chi connectivity index (χ0v) is 13.7. The highest BCUT2D eigenvalue weighted by molar-refractivity contribution is 5.77. The van der Waals surface area contributed by atoms with Crippen molar-refractivity contribution in [2.24, 2.45) is 0 Å². The van der Waals surface area contributed by atoms with Gasteiger partial charge in [-0.15, -0.1) is 0 Å². The predicted octanol–water partition coefficient (Wildman–Crippen LogP) is 3.27. The number of carbonyl (C=O) groups excluding carboxylic acids is 1. The molecule has 2 aromatic rings. The van der Waals surface area contributed by atoms with Crippen LogP contribution in [0.15, 0.2) is 54.6 Å². The number of carbonyl (C=O) groups is 1. The van der Waals surface area contributed by atoms with E-state index in [9.17, 15) is 4.79 Å². The Morgan fingerprint density at radius 1 is 1.04 bits per heavy atom. The highest BCUT2D eigenvalue weighted by atomic mass is 16.5. The highest BCUT2D eigenvalue weighted by Crippen LogP contribution is 2.18. The zero-order valence-electron chi connectivity index (χ0n) is 13.7. The average molecular weight is 322 g/mol. The van der Waals surface area contributed by atoms with Crippen LogP contribution in [0.1, 0.15) is 24.0 Å². The largest absolute Gasteiger partial charge is 0.493 e. The minimum absolute atomic E-state index is 0.0996. The van der Waals surface area contributed by atoms with Crippen LogP contribution in [-0.2, 0) is 17.6 Å². The Kier molecular flexibility index (Phi) is 7.36. The summed E-state index contributed by atoms with van der Waals surface area (Å²) in [6.07, 6.45) is 2.54. The summed E-state index contributed by atoms with van der Waals surface area (Å²) in [5, 5.41) is 11.2. The number of ether oxygens (including phenoxy) is 1. The molecule has 4 heteroatoms. The van der Waals surface area contributed by atoms with Gasteiger partial charge in [-0.3, -0.25) is 4.79 Å². The summed E-state index contributed by atoms with van der Waals surface area (Å²) in [5.41, 5.74) is 2.38. The minimum atomic E-state index is -0.237. The van der Waals surface area contributed by atoms with Crippen LogP contribution >= 0.6 is 0 Å². The van der Waals surface area contributed by atoms with Crippen LogP contribution in [0.2, 0.25) is 0 Å². The number of nitrogens with one attached hydrogen (secondary N) is 1. The number of amides is 1. The van der Waals surface area contributed by atoms with Crippen molar-refractivity contribution in [1.82, 2.24) is 5.32 Å². The van der Waals surface area contributed by atoms with E-state index >= 15 is 0 Å². The van der Waals surface area contributed by atoms with Gasteiger partial charge in [-0.05, 0) is 36.5 Å². The summed E-state index contributed by atoms with van der Waals surface area (Å²) in [7, 11) is 0. The van der Waals surface area contributed by atoms with Crippen molar-refractivity contribution in [2.45, 2.75) is 25.7 Å². The van der Waals surface area contributed by atoms with Gasteiger partial charge >= 0.3 is 0 Å². The first-order valence-electron chi connectivity index (χ1n) is 8.18. The maximum Gasteiger partial charge on any atom is 0.234 e. The molecule has 0 saturated heterocycles. The normalized spacial score (nSPS) is 9.96. The summed E-state index contributed by atoms with van der Waals surface area (Å²) in [4.78, 5) is 11.3. The van der Waals surface area contributed by atoms with Crippen molar-refractivity contribution in [3.63, 3.8) is 0 Å². The van der Waals surface area contributed by atoms with E-state index in [4.69, 9.17) is 10.00 Å². The summed E-state index contributed by atoms with van der Waals surface area (Å²) in [5.74, 6) is 0.624. The van der Waals surface area contributed by atoms with Gasteiger partial charge in [-0.25, -0.2) is 0 Å². The molecule has 1 amide bonds. The van der Waals surface area contributed by atoms with Crippen molar-refractivity contribution in [3.8, 4) is 11.8 Å². The molecular formula is C20H22N2O2. The van der Waals surface area contributed by atoms with E-state index in [2.05, 4.69) is 17.4 Å². The molecule has 0 aliphatic heterocycles. The predicted molar refractivity (Wildman–Crippen MR) is 93.6 cm³/mol. The van der Waals surface area contributed by atoms with Gasteiger partial charge < -0.3 is 10.1 Å². The first kappa shape index (κ1) is 17.6. The molecular weight excluding hydrogens is 300 g/mol. The smallest absolute Gasteiger partial charge is 0.234 e. The molecule has 0 saturated carbocycles. The number of rotatable bonds is 9. The Bertz CT molecular complexity index is 678. The molecule has 0 atom stereocenters. The third-order valence-electron chi connectivity index (χ3n) is 3.64. The molecule has 0 radical (unpaired) electrons. The Labute approximate surface area is 143 Å². The van der Waals surface area contributed by atoms with Gasteiger partial charge in [0.25, 0.3) is 0 Å². The molecule has 2 rings (SSSR count). The maximum absolute atomic E-state index is 11.3. The molecule has 124 valence electrons. The lowest BCUT2D eigenvalue weighted by Gasteiger charge is -2.12. The molecule has 4 nitrogen and oxygen atoms in total. The maximum atomic E-state index is 11.3. The van der Waals surface area contributed by atoms with Gasteiger partial charge in [0.15, 0.2) is 0 Å². The van der Waals surface area contributed by atoms with Gasteiger partial charge in [-0.1, -0.05) is 48.5 Å². The summed E-state index contributed by atoms with van der Waals surface area (Å²) < 4.78 is 5.90. The second-order valence-electron chi connectivity index (χ2n) is 5.48. The van der Waals surface area contributed by atoms with Gasteiger partial charge in [0, 0.05) is 6.54 Å². The third-order valence-corrected chi connectivity index (χ3v) is 3.64. The molecule has 0 heterocycles. The van der Waals surface area contributed by atoms with Crippen molar-refractivity contribution in [3.05, 3.63) is 65.7 Å². The van der Waals surface area contributed by atoms with Gasteiger partial charge in [0.2, 0.25) is 5.91 Å².